The van der Waals surface area contributed by atoms with Gasteiger partial charge in [0.05, 0.1) is 6.10 Å². The maximum Gasteiger partial charge on any atom is 0.119 e. The Kier molecular flexibility index (Phi) is 3.75. The summed E-state index contributed by atoms with van der Waals surface area (Å²) in [6, 6.07) is 15.1. The van der Waals surface area contributed by atoms with Gasteiger partial charge in [0.1, 0.15) is 5.75 Å². The van der Waals surface area contributed by atoms with E-state index in [-0.39, 0.29) is 0 Å². The van der Waals surface area contributed by atoms with Gasteiger partial charge in [-0.05, 0) is 61.2 Å². The molecule has 0 radical (unpaired) electrons. The molecule has 104 valence electrons. The molecule has 0 atom stereocenters. The average Bonchev–Trinajstić information content (AvgIpc) is 3.25. The third-order valence-corrected chi connectivity index (χ3v) is 3.66. The topological polar surface area (TPSA) is 21.3 Å². The first-order chi connectivity index (χ1) is 9.76. The van der Waals surface area contributed by atoms with Gasteiger partial charge < -0.3 is 10.1 Å². The van der Waals surface area contributed by atoms with E-state index >= 15 is 0 Å². The number of nitrogens with one attached hydrogen (secondary N) is 1. The van der Waals surface area contributed by atoms with Crippen molar-refractivity contribution in [1.82, 2.24) is 5.32 Å². The Morgan fingerprint density at radius 2 is 1.85 bits per heavy atom. The minimum Gasteiger partial charge on any atom is -0.490 e. The van der Waals surface area contributed by atoms with Crippen molar-refractivity contribution in [3.05, 3.63) is 53.6 Å². The zero-order valence-corrected chi connectivity index (χ0v) is 12.1. The molecule has 0 saturated heterocycles. The minimum atomic E-state index is 0.461. The summed E-state index contributed by atoms with van der Waals surface area (Å²) in [5.74, 6) is 0.987. The quantitative estimate of drug-likeness (QED) is 0.886. The highest BCUT2D eigenvalue weighted by Crippen LogP contribution is 2.30. The van der Waals surface area contributed by atoms with Crippen molar-refractivity contribution in [2.75, 3.05) is 7.05 Å². The largest absolute Gasteiger partial charge is 0.490 e. The lowest BCUT2D eigenvalue weighted by Crippen LogP contribution is -2.05. The van der Waals surface area contributed by atoms with Crippen LogP contribution in [0.5, 0.6) is 5.75 Å². The van der Waals surface area contributed by atoms with E-state index in [4.69, 9.17) is 4.74 Å². The van der Waals surface area contributed by atoms with Gasteiger partial charge in [0, 0.05) is 6.54 Å². The molecule has 2 aromatic carbocycles. The summed E-state index contributed by atoms with van der Waals surface area (Å²) in [5, 5.41) is 3.19. The molecule has 0 bridgehead atoms. The molecule has 1 fully saturated rings. The van der Waals surface area contributed by atoms with E-state index in [2.05, 4.69) is 54.7 Å². The van der Waals surface area contributed by atoms with Crippen LogP contribution in [0, 0.1) is 6.92 Å². The number of aryl methyl sites for hydroxylation is 1. The first kappa shape index (κ1) is 13.2. The zero-order chi connectivity index (χ0) is 13.9. The normalized spacial score (nSPS) is 14.3. The van der Waals surface area contributed by atoms with Gasteiger partial charge >= 0.3 is 0 Å². The molecular formula is C18H21NO. The maximum absolute atomic E-state index is 5.79. The fourth-order valence-electron chi connectivity index (χ4n) is 2.46. The van der Waals surface area contributed by atoms with Gasteiger partial charge in [-0.2, -0.15) is 0 Å². The molecule has 0 unspecified atom stereocenters. The van der Waals surface area contributed by atoms with Crippen LogP contribution in [-0.4, -0.2) is 13.2 Å². The monoisotopic (exact) mass is 267 g/mol. The summed E-state index contributed by atoms with van der Waals surface area (Å²) in [4.78, 5) is 0. The second kappa shape index (κ2) is 5.68. The Morgan fingerprint density at radius 3 is 2.45 bits per heavy atom. The highest BCUT2D eigenvalue weighted by atomic mass is 16.5. The van der Waals surface area contributed by atoms with Crippen LogP contribution in [-0.2, 0) is 6.54 Å². The standard InChI is InChI=1S/C18H21NO/c1-13-11-14(12-19-2)3-10-18(13)15-4-6-16(7-5-15)20-17-8-9-17/h3-7,10-11,17,19H,8-9,12H2,1-2H3. The number of hydrogen-bond donors (Lipinski definition) is 1. The lowest BCUT2D eigenvalue weighted by Gasteiger charge is -2.10. The van der Waals surface area contributed by atoms with Crippen molar-refractivity contribution >= 4 is 0 Å². The molecule has 3 rings (SSSR count). The first-order valence-electron chi connectivity index (χ1n) is 7.27. The summed E-state index contributed by atoms with van der Waals surface area (Å²) in [5.41, 5.74) is 5.18. The van der Waals surface area contributed by atoms with Gasteiger partial charge in [0.15, 0.2) is 0 Å². The van der Waals surface area contributed by atoms with Crippen molar-refractivity contribution in [1.29, 1.82) is 0 Å². The summed E-state index contributed by atoms with van der Waals surface area (Å²) in [6.45, 7) is 3.08. The Bertz CT molecular complexity index is 585. The van der Waals surface area contributed by atoms with E-state index in [1.54, 1.807) is 0 Å². The van der Waals surface area contributed by atoms with Crippen LogP contribution in [0.2, 0.25) is 0 Å². The molecule has 1 aliphatic rings. The third kappa shape index (κ3) is 3.02. The van der Waals surface area contributed by atoms with E-state index < -0.39 is 0 Å². The minimum absolute atomic E-state index is 0.461. The van der Waals surface area contributed by atoms with E-state index in [1.165, 1.54) is 35.1 Å². The summed E-state index contributed by atoms with van der Waals surface area (Å²) >= 11 is 0. The summed E-state index contributed by atoms with van der Waals surface area (Å²) < 4.78 is 5.79. The molecular weight excluding hydrogens is 246 g/mol. The Labute approximate surface area is 120 Å². The SMILES string of the molecule is CNCc1ccc(-c2ccc(OC3CC3)cc2)c(C)c1. The van der Waals surface area contributed by atoms with E-state index in [9.17, 15) is 0 Å². The smallest absolute Gasteiger partial charge is 0.119 e. The van der Waals surface area contributed by atoms with Gasteiger partial charge in [-0.25, -0.2) is 0 Å². The van der Waals surface area contributed by atoms with Crippen molar-refractivity contribution in [2.24, 2.45) is 0 Å². The van der Waals surface area contributed by atoms with Gasteiger partial charge in [0.25, 0.3) is 0 Å². The third-order valence-electron chi connectivity index (χ3n) is 3.66. The molecule has 0 spiro atoms. The second-order valence-electron chi connectivity index (χ2n) is 5.52. The van der Waals surface area contributed by atoms with E-state index in [0.29, 0.717) is 6.10 Å². The van der Waals surface area contributed by atoms with Gasteiger partial charge in [0.2, 0.25) is 0 Å². The van der Waals surface area contributed by atoms with E-state index in [1.807, 2.05) is 7.05 Å². The Balaban J connectivity index is 1.80. The predicted octanol–water partition coefficient (Wildman–Crippen LogP) is 3.92. The molecule has 0 heterocycles. The summed E-state index contributed by atoms with van der Waals surface area (Å²) in [7, 11) is 1.97. The Morgan fingerprint density at radius 1 is 1.10 bits per heavy atom. The molecule has 0 aliphatic heterocycles. The van der Waals surface area contributed by atoms with E-state index in [0.717, 1.165) is 12.3 Å². The highest BCUT2D eigenvalue weighted by Gasteiger charge is 2.23. The zero-order valence-electron chi connectivity index (χ0n) is 12.1. The van der Waals surface area contributed by atoms with Crippen molar-refractivity contribution in [3.63, 3.8) is 0 Å². The van der Waals surface area contributed by atoms with Crippen molar-refractivity contribution in [2.45, 2.75) is 32.4 Å². The van der Waals surface area contributed by atoms with Gasteiger partial charge in [-0.15, -0.1) is 0 Å². The molecule has 2 nitrogen and oxygen atoms in total. The van der Waals surface area contributed by atoms with Crippen molar-refractivity contribution < 1.29 is 4.74 Å². The van der Waals surface area contributed by atoms with Crippen LogP contribution in [0.3, 0.4) is 0 Å². The number of benzene rings is 2. The fourth-order valence-corrected chi connectivity index (χ4v) is 2.46. The second-order valence-corrected chi connectivity index (χ2v) is 5.52. The molecule has 20 heavy (non-hydrogen) atoms. The number of rotatable bonds is 5. The Hall–Kier alpha value is -1.80. The average molecular weight is 267 g/mol. The molecule has 0 aromatic heterocycles. The van der Waals surface area contributed by atoms with Crippen LogP contribution < -0.4 is 10.1 Å². The van der Waals surface area contributed by atoms with Crippen LogP contribution in [0.1, 0.15) is 24.0 Å². The molecule has 1 aliphatic carbocycles. The summed E-state index contributed by atoms with van der Waals surface area (Å²) in [6.07, 6.45) is 2.87. The predicted molar refractivity (Wildman–Crippen MR) is 83.0 cm³/mol. The molecule has 1 saturated carbocycles. The first-order valence-corrected chi connectivity index (χ1v) is 7.27. The van der Waals surface area contributed by atoms with Crippen LogP contribution in [0.25, 0.3) is 11.1 Å². The fraction of sp³-hybridized carbons (Fsp3) is 0.333. The number of hydrogen-bond acceptors (Lipinski definition) is 2. The van der Waals surface area contributed by atoms with Crippen LogP contribution >= 0.6 is 0 Å². The lowest BCUT2D eigenvalue weighted by atomic mass is 9.98. The molecule has 2 aromatic rings. The van der Waals surface area contributed by atoms with Gasteiger partial charge in [-0.1, -0.05) is 30.3 Å². The van der Waals surface area contributed by atoms with Crippen molar-refractivity contribution in [3.8, 4) is 16.9 Å². The lowest BCUT2D eigenvalue weighted by molar-refractivity contribution is 0.303. The highest BCUT2D eigenvalue weighted by molar-refractivity contribution is 5.68. The molecule has 2 heteroatoms. The van der Waals surface area contributed by atoms with Crippen LogP contribution in [0.4, 0.5) is 0 Å². The number of ether oxygens (including phenoxy) is 1. The molecule has 0 amide bonds. The maximum atomic E-state index is 5.79. The molecule has 1 N–H and O–H groups in total. The van der Waals surface area contributed by atoms with Crippen LogP contribution in [0.15, 0.2) is 42.5 Å². The van der Waals surface area contributed by atoms with Gasteiger partial charge in [-0.3, -0.25) is 0 Å².